The van der Waals surface area contributed by atoms with Crippen molar-refractivity contribution >= 4 is 27.7 Å². The Morgan fingerprint density at radius 2 is 1.59 bits per heavy atom. The number of carbonyl (C=O) groups excluding carboxylic acids is 2. The summed E-state index contributed by atoms with van der Waals surface area (Å²) in [5.41, 5.74) is 3.96. The maximum atomic E-state index is 14.0. The Kier molecular flexibility index (Phi) is 10.7. The highest BCUT2D eigenvalue weighted by atomic mass is 32.2. The van der Waals surface area contributed by atoms with Crippen molar-refractivity contribution in [3.05, 3.63) is 64.7 Å². The van der Waals surface area contributed by atoms with Crippen LogP contribution in [0, 0.1) is 20.8 Å². The van der Waals surface area contributed by atoms with Crippen LogP contribution in [0.15, 0.2) is 42.5 Å². The first-order chi connectivity index (χ1) is 17.3. The Hall–Kier alpha value is -2.91. The highest BCUT2D eigenvalue weighted by Gasteiger charge is 2.34. The van der Waals surface area contributed by atoms with Crippen LogP contribution >= 0.6 is 0 Å². The molecule has 0 saturated carbocycles. The molecular weight excluding hydrogens is 488 g/mol. The highest BCUT2D eigenvalue weighted by Crippen LogP contribution is 2.26. The van der Waals surface area contributed by atoms with Gasteiger partial charge in [0.15, 0.2) is 0 Å². The van der Waals surface area contributed by atoms with Gasteiger partial charge in [-0.2, -0.15) is 12.7 Å². The number of benzene rings is 2. The van der Waals surface area contributed by atoms with E-state index in [0.29, 0.717) is 12.1 Å². The minimum absolute atomic E-state index is 0.0435. The summed E-state index contributed by atoms with van der Waals surface area (Å²) < 4.78 is 29.1. The molecule has 0 aromatic heterocycles. The third kappa shape index (κ3) is 7.79. The number of hydrogen-bond donors (Lipinski definition) is 1. The number of amides is 2. The van der Waals surface area contributed by atoms with Crippen LogP contribution in [0.4, 0.5) is 5.69 Å². The van der Waals surface area contributed by atoms with E-state index in [1.165, 1.54) is 19.0 Å². The molecule has 2 atom stereocenters. The molecule has 1 N–H and O–H groups in total. The van der Waals surface area contributed by atoms with E-state index in [1.807, 2.05) is 77.9 Å². The molecule has 0 saturated heterocycles. The van der Waals surface area contributed by atoms with Crippen molar-refractivity contribution in [1.29, 1.82) is 0 Å². The minimum atomic E-state index is -4.00. The van der Waals surface area contributed by atoms with Crippen LogP contribution in [0.2, 0.25) is 0 Å². The van der Waals surface area contributed by atoms with E-state index in [1.54, 1.807) is 6.07 Å². The van der Waals surface area contributed by atoms with Gasteiger partial charge in [0.1, 0.15) is 12.6 Å². The molecule has 0 aliphatic carbocycles. The van der Waals surface area contributed by atoms with E-state index in [9.17, 15) is 18.0 Å². The van der Waals surface area contributed by atoms with Crippen molar-refractivity contribution < 1.29 is 18.0 Å². The molecule has 204 valence electrons. The molecular formula is C28H42N4O4S. The molecule has 0 fully saturated rings. The Morgan fingerprint density at radius 1 is 0.946 bits per heavy atom. The minimum Gasteiger partial charge on any atom is -0.352 e. The van der Waals surface area contributed by atoms with Crippen molar-refractivity contribution in [3.63, 3.8) is 0 Å². The summed E-state index contributed by atoms with van der Waals surface area (Å²) in [6.45, 7) is 11.2. The van der Waals surface area contributed by atoms with Crippen LogP contribution in [-0.2, 0) is 26.3 Å². The Labute approximate surface area is 222 Å². The van der Waals surface area contributed by atoms with E-state index in [2.05, 4.69) is 5.32 Å². The molecule has 0 aliphatic rings. The molecule has 0 bridgehead atoms. The topological polar surface area (TPSA) is 90.0 Å². The van der Waals surface area contributed by atoms with Gasteiger partial charge in [-0.15, -0.1) is 0 Å². The molecule has 2 rings (SSSR count). The van der Waals surface area contributed by atoms with E-state index in [4.69, 9.17) is 0 Å². The summed E-state index contributed by atoms with van der Waals surface area (Å²) in [4.78, 5) is 28.7. The first-order valence-electron chi connectivity index (χ1n) is 12.7. The van der Waals surface area contributed by atoms with Gasteiger partial charge in [-0.1, -0.05) is 55.8 Å². The first kappa shape index (κ1) is 30.3. The summed E-state index contributed by atoms with van der Waals surface area (Å²) in [6, 6.07) is 12.5. The zero-order valence-electron chi connectivity index (χ0n) is 23.4. The zero-order valence-corrected chi connectivity index (χ0v) is 24.2. The van der Waals surface area contributed by atoms with Crippen molar-refractivity contribution in [3.8, 4) is 0 Å². The lowest BCUT2D eigenvalue weighted by molar-refractivity contribution is -0.140. The molecule has 2 aromatic rings. The second kappa shape index (κ2) is 13.1. The third-order valence-electron chi connectivity index (χ3n) is 6.47. The van der Waals surface area contributed by atoms with Gasteiger partial charge in [0.25, 0.3) is 0 Å². The average molecular weight is 531 g/mol. The second-order valence-electron chi connectivity index (χ2n) is 9.84. The monoisotopic (exact) mass is 530 g/mol. The number of rotatable bonds is 12. The van der Waals surface area contributed by atoms with Crippen LogP contribution in [-0.4, -0.2) is 62.2 Å². The fraction of sp³-hybridized carbons (Fsp3) is 0.500. The smallest absolute Gasteiger partial charge is 0.304 e. The summed E-state index contributed by atoms with van der Waals surface area (Å²) in [6.07, 6.45) is 1.15. The molecule has 8 nitrogen and oxygen atoms in total. The van der Waals surface area contributed by atoms with Crippen LogP contribution in [0.25, 0.3) is 0 Å². The van der Waals surface area contributed by atoms with Crippen LogP contribution in [0.1, 0.15) is 55.9 Å². The molecule has 2 aromatic carbocycles. The zero-order chi connectivity index (χ0) is 27.9. The first-order valence-corrected chi connectivity index (χ1v) is 14.1. The molecule has 37 heavy (non-hydrogen) atoms. The molecule has 0 aliphatic heterocycles. The number of carbonyl (C=O) groups is 2. The molecule has 0 spiro atoms. The van der Waals surface area contributed by atoms with Gasteiger partial charge in [-0.05, 0) is 63.3 Å². The predicted octanol–water partition coefficient (Wildman–Crippen LogP) is 3.95. The quantitative estimate of drug-likeness (QED) is 0.450. The summed E-state index contributed by atoms with van der Waals surface area (Å²) in [5.74, 6) is -0.689. The van der Waals surface area contributed by atoms with E-state index in [0.717, 1.165) is 37.3 Å². The van der Waals surface area contributed by atoms with Crippen LogP contribution in [0.5, 0.6) is 0 Å². The fourth-order valence-electron chi connectivity index (χ4n) is 4.06. The lowest BCUT2D eigenvalue weighted by Crippen LogP contribution is -2.54. The predicted molar refractivity (Wildman–Crippen MR) is 150 cm³/mol. The molecule has 2 amide bonds. The number of nitrogens with zero attached hydrogens (tertiary/aromatic N) is 3. The maximum absolute atomic E-state index is 14.0. The Bertz CT molecular complexity index is 1200. The van der Waals surface area contributed by atoms with Crippen molar-refractivity contribution in [1.82, 2.24) is 14.5 Å². The number of hydrogen-bond acceptors (Lipinski definition) is 4. The van der Waals surface area contributed by atoms with E-state index >= 15 is 0 Å². The Morgan fingerprint density at radius 3 is 2.16 bits per heavy atom. The van der Waals surface area contributed by atoms with E-state index < -0.39 is 28.7 Å². The number of anilines is 1. The number of aryl methyl sites for hydroxylation is 3. The highest BCUT2D eigenvalue weighted by molar-refractivity contribution is 7.90. The largest absolute Gasteiger partial charge is 0.352 e. The van der Waals surface area contributed by atoms with Gasteiger partial charge < -0.3 is 10.2 Å². The Balaban J connectivity index is 2.56. The lowest BCUT2D eigenvalue weighted by Gasteiger charge is -2.34. The molecule has 0 heterocycles. The summed E-state index contributed by atoms with van der Waals surface area (Å²) >= 11 is 0. The SMILES string of the molecule is CC[C@H](C(=O)N[C@@H](C)CC)N(Cc1cccc(C)c1)C(=O)CN(c1cc(C)ccc1C)S(=O)(=O)N(C)C. The maximum Gasteiger partial charge on any atom is 0.304 e. The van der Waals surface area contributed by atoms with Crippen molar-refractivity contribution in [2.45, 2.75) is 73.0 Å². The standard InChI is InChI=1S/C28H42N4O4S/c1-9-23(6)29-28(34)25(10-2)31(18-24-13-11-12-20(3)16-24)27(33)19-32(37(35,36)30(7)8)26-17-21(4)14-15-22(26)5/h11-17,23,25H,9-10,18-19H2,1-8H3,(H,29,34)/t23-,25+/m0/s1. The molecule has 0 unspecified atom stereocenters. The van der Waals surface area contributed by atoms with E-state index in [-0.39, 0.29) is 18.5 Å². The fourth-order valence-corrected chi connectivity index (χ4v) is 5.17. The van der Waals surface area contributed by atoms with Gasteiger partial charge in [0.05, 0.1) is 5.69 Å². The van der Waals surface area contributed by atoms with Crippen molar-refractivity contribution in [2.24, 2.45) is 0 Å². The summed E-state index contributed by atoms with van der Waals surface area (Å²) in [5, 5.41) is 2.99. The molecule has 0 radical (unpaired) electrons. The normalized spacial score (nSPS) is 13.2. The van der Waals surface area contributed by atoms with Gasteiger partial charge >= 0.3 is 10.2 Å². The van der Waals surface area contributed by atoms with Gasteiger partial charge in [0, 0.05) is 26.7 Å². The molecule has 9 heteroatoms. The average Bonchev–Trinajstić information content (AvgIpc) is 2.83. The third-order valence-corrected chi connectivity index (χ3v) is 8.28. The number of nitrogens with one attached hydrogen (secondary N) is 1. The summed E-state index contributed by atoms with van der Waals surface area (Å²) in [7, 11) is -1.11. The van der Waals surface area contributed by atoms with Crippen LogP contribution < -0.4 is 9.62 Å². The van der Waals surface area contributed by atoms with Gasteiger partial charge in [0.2, 0.25) is 11.8 Å². The van der Waals surface area contributed by atoms with Crippen LogP contribution in [0.3, 0.4) is 0 Å². The second-order valence-corrected chi connectivity index (χ2v) is 11.9. The van der Waals surface area contributed by atoms with Gasteiger partial charge in [-0.25, -0.2) is 4.31 Å². The lowest BCUT2D eigenvalue weighted by atomic mass is 10.1. The van der Waals surface area contributed by atoms with Gasteiger partial charge in [-0.3, -0.25) is 9.59 Å². The van der Waals surface area contributed by atoms with Crippen molar-refractivity contribution in [2.75, 3.05) is 24.9 Å².